The zero-order chi connectivity index (χ0) is 11.4. The summed E-state index contributed by atoms with van der Waals surface area (Å²) in [4.78, 5) is 11.0. The summed E-state index contributed by atoms with van der Waals surface area (Å²) >= 11 is 0. The second kappa shape index (κ2) is 4.88. The van der Waals surface area contributed by atoms with E-state index in [0.717, 1.165) is 0 Å². The molecule has 1 aromatic rings. The maximum absolute atomic E-state index is 11.0. The fourth-order valence-corrected chi connectivity index (χ4v) is 1.33. The first-order chi connectivity index (χ1) is 7.04. The lowest BCUT2D eigenvalue weighted by Gasteiger charge is -2.13. The van der Waals surface area contributed by atoms with Gasteiger partial charge in [0.05, 0.1) is 11.9 Å². The average Bonchev–Trinajstić information content (AvgIpc) is 2.61. The Morgan fingerprint density at radius 1 is 1.67 bits per heavy atom. The number of carbonyl (C=O) groups is 1. The molecule has 0 saturated carbocycles. The normalized spacial score (nSPS) is 13.1. The Bertz CT molecular complexity index is 335. The summed E-state index contributed by atoms with van der Waals surface area (Å²) in [6.07, 6.45) is 2.11. The highest BCUT2D eigenvalue weighted by Crippen LogP contribution is 2.16. The van der Waals surface area contributed by atoms with Crippen LogP contribution in [-0.2, 0) is 11.3 Å². The van der Waals surface area contributed by atoms with Crippen LogP contribution in [0, 0.1) is 5.92 Å². The monoisotopic (exact) mass is 212 g/mol. The maximum atomic E-state index is 11.0. The third-order valence-corrected chi connectivity index (χ3v) is 2.07. The van der Waals surface area contributed by atoms with Crippen molar-refractivity contribution in [3.63, 3.8) is 0 Å². The van der Waals surface area contributed by atoms with Crippen LogP contribution >= 0.6 is 0 Å². The van der Waals surface area contributed by atoms with Gasteiger partial charge in [0.1, 0.15) is 0 Å². The minimum Gasteiger partial charge on any atom is -0.480 e. The van der Waals surface area contributed by atoms with E-state index in [1.54, 1.807) is 6.20 Å². The summed E-state index contributed by atoms with van der Waals surface area (Å²) in [5.41, 5.74) is 5.98. The lowest BCUT2D eigenvalue weighted by atomic mass is 10.0. The van der Waals surface area contributed by atoms with E-state index in [-0.39, 0.29) is 12.5 Å². The van der Waals surface area contributed by atoms with Crippen LogP contribution in [0.15, 0.2) is 6.20 Å². The number of rotatable bonds is 5. The van der Waals surface area contributed by atoms with Gasteiger partial charge in [-0.05, 0) is 12.3 Å². The lowest BCUT2D eigenvalue weighted by molar-refractivity contribution is -0.141. The molecule has 0 saturated heterocycles. The number of nitrogens with two attached hydrogens (primary N) is 1. The first-order valence-corrected chi connectivity index (χ1v) is 4.88. The third-order valence-electron chi connectivity index (χ3n) is 2.07. The number of aliphatic carboxylic acids is 1. The zero-order valence-electron chi connectivity index (χ0n) is 8.92. The van der Waals surface area contributed by atoms with E-state index < -0.39 is 12.0 Å². The fraction of sp³-hybridized carbons (Fsp3) is 0.667. The minimum atomic E-state index is -0.892. The summed E-state index contributed by atoms with van der Waals surface area (Å²) in [5, 5.41) is 16.6. The van der Waals surface area contributed by atoms with Gasteiger partial charge < -0.3 is 10.8 Å². The topological polar surface area (TPSA) is 94.0 Å². The van der Waals surface area contributed by atoms with Gasteiger partial charge in [-0.2, -0.15) is 0 Å². The van der Waals surface area contributed by atoms with Crippen LogP contribution in [0.4, 0.5) is 0 Å². The second-order valence-electron chi connectivity index (χ2n) is 3.88. The van der Waals surface area contributed by atoms with Crippen molar-refractivity contribution in [1.29, 1.82) is 0 Å². The molecule has 84 valence electrons. The number of aromatic nitrogens is 3. The molecule has 0 fully saturated rings. The highest BCUT2D eigenvalue weighted by Gasteiger charge is 2.22. The van der Waals surface area contributed by atoms with E-state index in [9.17, 15) is 4.79 Å². The van der Waals surface area contributed by atoms with Gasteiger partial charge in [0.15, 0.2) is 6.04 Å². The molecule has 0 radical (unpaired) electrons. The van der Waals surface area contributed by atoms with Gasteiger partial charge in [-0.3, -0.25) is 0 Å². The Labute approximate surface area is 88.1 Å². The van der Waals surface area contributed by atoms with E-state index in [2.05, 4.69) is 10.3 Å². The molecule has 1 rings (SSSR count). The quantitative estimate of drug-likeness (QED) is 0.737. The number of hydrogen-bond donors (Lipinski definition) is 2. The van der Waals surface area contributed by atoms with E-state index in [4.69, 9.17) is 10.8 Å². The molecule has 0 aromatic carbocycles. The first kappa shape index (κ1) is 11.6. The van der Waals surface area contributed by atoms with Gasteiger partial charge in [-0.15, -0.1) is 5.10 Å². The van der Waals surface area contributed by atoms with Gasteiger partial charge in [-0.25, -0.2) is 9.48 Å². The number of carboxylic acid groups (broad SMARTS) is 1. The smallest absolute Gasteiger partial charge is 0.328 e. The van der Waals surface area contributed by atoms with E-state index >= 15 is 0 Å². The number of carboxylic acids is 1. The summed E-state index contributed by atoms with van der Waals surface area (Å²) < 4.78 is 1.37. The molecule has 0 aliphatic rings. The molecule has 3 N–H and O–H groups in total. The largest absolute Gasteiger partial charge is 0.480 e. The Balaban J connectivity index is 2.83. The van der Waals surface area contributed by atoms with E-state index in [1.165, 1.54) is 4.68 Å². The van der Waals surface area contributed by atoms with Crippen molar-refractivity contribution in [3.05, 3.63) is 11.9 Å². The van der Waals surface area contributed by atoms with Crippen LogP contribution in [0.2, 0.25) is 0 Å². The Morgan fingerprint density at radius 2 is 2.33 bits per heavy atom. The molecule has 0 aliphatic heterocycles. The van der Waals surface area contributed by atoms with Crippen LogP contribution in [-0.4, -0.2) is 26.1 Å². The lowest BCUT2D eigenvalue weighted by Crippen LogP contribution is -2.21. The molecule has 15 heavy (non-hydrogen) atoms. The van der Waals surface area contributed by atoms with Crippen molar-refractivity contribution in [3.8, 4) is 0 Å². The maximum Gasteiger partial charge on any atom is 0.328 e. The highest BCUT2D eigenvalue weighted by molar-refractivity contribution is 5.71. The summed E-state index contributed by atoms with van der Waals surface area (Å²) in [6.45, 7) is 4.21. The highest BCUT2D eigenvalue weighted by atomic mass is 16.4. The van der Waals surface area contributed by atoms with Crippen molar-refractivity contribution in [2.45, 2.75) is 32.9 Å². The Kier molecular flexibility index (Phi) is 3.79. The fourth-order valence-electron chi connectivity index (χ4n) is 1.33. The van der Waals surface area contributed by atoms with Gasteiger partial charge in [-0.1, -0.05) is 19.1 Å². The third kappa shape index (κ3) is 3.02. The SMILES string of the molecule is CC(C)C[C@H](C(=O)O)n1cc(CN)nn1. The van der Waals surface area contributed by atoms with Crippen LogP contribution in [0.5, 0.6) is 0 Å². The Morgan fingerprint density at radius 3 is 2.73 bits per heavy atom. The van der Waals surface area contributed by atoms with Crippen molar-refractivity contribution in [1.82, 2.24) is 15.0 Å². The summed E-state index contributed by atoms with van der Waals surface area (Å²) in [6, 6.07) is -0.655. The Hall–Kier alpha value is -1.43. The average molecular weight is 212 g/mol. The molecule has 1 heterocycles. The van der Waals surface area contributed by atoms with Crippen LogP contribution in [0.25, 0.3) is 0 Å². The molecule has 6 heteroatoms. The van der Waals surface area contributed by atoms with Crippen LogP contribution in [0.3, 0.4) is 0 Å². The molecular weight excluding hydrogens is 196 g/mol. The first-order valence-electron chi connectivity index (χ1n) is 4.88. The van der Waals surface area contributed by atoms with Gasteiger partial charge in [0, 0.05) is 6.54 Å². The van der Waals surface area contributed by atoms with Crippen molar-refractivity contribution < 1.29 is 9.90 Å². The molecule has 0 spiro atoms. The van der Waals surface area contributed by atoms with Crippen LogP contribution in [0.1, 0.15) is 32.0 Å². The van der Waals surface area contributed by atoms with E-state index in [0.29, 0.717) is 12.1 Å². The molecule has 0 aliphatic carbocycles. The summed E-state index contributed by atoms with van der Waals surface area (Å²) in [5.74, 6) is -0.603. The summed E-state index contributed by atoms with van der Waals surface area (Å²) in [7, 11) is 0. The molecule has 1 atom stereocenters. The second-order valence-corrected chi connectivity index (χ2v) is 3.88. The van der Waals surface area contributed by atoms with Crippen molar-refractivity contribution in [2.75, 3.05) is 0 Å². The number of hydrogen-bond acceptors (Lipinski definition) is 4. The van der Waals surface area contributed by atoms with Crippen molar-refractivity contribution >= 4 is 5.97 Å². The molecule has 6 nitrogen and oxygen atoms in total. The number of nitrogens with zero attached hydrogens (tertiary/aromatic N) is 3. The van der Waals surface area contributed by atoms with Gasteiger partial charge in [0.2, 0.25) is 0 Å². The molecular formula is C9H16N4O2. The van der Waals surface area contributed by atoms with Gasteiger partial charge >= 0.3 is 5.97 Å². The molecule has 0 bridgehead atoms. The molecule has 1 aromatic heterocycles. The minimum absolute atomic E-state index is 0.272. The van der Waals surface area contributed by atoms with E-state index in [1.807, 2.05) is 13.8 Å². The van der Waals surface area contributed by atoms with Crippen LogP contribution < -0.4 is 5.73 Å². The van der Waals surface area contributed by atoms with Gasteiger partial charge in [0.25, 0.3) is 0 Å². The predicted molar refractivity (Wildman–Crippen MR) is 54.0 cm³/mol. The predicted octanol–water partition coefficient (Wildman–Crippen LogP) is 0.409. The molecule has 0 unspecified atom stereocenters. The zero-order valence-corrected chi connectivity index (χ0v) is 8.92. The van der Waals surface area contributed by atoms with Crippen molar-refractivity contribution in [2.24, 2.45) is 11.7 Å². The standard InChI is InChI=1S/C9H16N4O2/c1-6(2)3-8(9(14)15)13-5-7(4-10)11-12-13/h5-6,8H,3-4,10H2,1-2H3,(H,14,15)/t8-/m1/s1. The molecule has 0 amide bonds.